The first-order valence-corrected chi connectivity index (χ1v) is 23.4. The fraction of sp³-hybridized carbons (Fsp3) is 0.148. The zero-order valence-electron chi connectivity index (χ0n) is 35.9. The van der Waals surface area contributed by atoms with Crippen LogP contribution in [0.3, 0.4) is 0 Å². The first-order valence-electron chi connectivity index (χ1n) is 23.4. The summed E-state index contributed by atoms with van der Waals surface area (Å²) in [6.07, 6.45) is 23.1. The van der Waals surface area contributed by atoms with Crippen LogP contribution < -0.4 is 0 Å². The molecular weight excluding hydrogens is 775 g/mol. The number of hydrogen-bond acceptors (Lipinski definition) is 0. The van der Waals surface area contributed by atoms with Crippen molar-refractivity contribution in [3.8, 4) is 27.9 Å². The number of fused-ring (bicyclic) bond motifs is 12. The lowest BCUT2D eigenvalue weighted by Gasteiger charge is -2.21. The maximum absolute atomic E-state index is 2.60. The molecule has 306 valence electrons. The van der Waals surface area contributed by atoms with Crippen molar-refractivity contribution in [2.24, 2.45) is 0 Å². The minimum Gasteiger partial charge on any atom is -0.333 e. The molecule has 0 amide bonds. The molecule has 0 fully saturated rings. The van der Waals surface area contributed by atoms with Crippen LogP contribution in [0.2, 0.25) is 0 Å². The lowest BCUT2D eigenvalue weighted by atomic mass is 9.91. The highest BCUT2D eigenvalue weighted by Crippen LogP contribution is 2.49. The van der Waals surface area contributed by atoms with Crippen molar-refractivity contribution >= 4 is 71.9 Å². The highest BCUT2D eigenvalue weighted by molar-refractivity contribution is 6.11. The Balaban J connectivity index is 0.968. The molecule has 1 unspecified atom stereocenters. The second-order valence-corrected chi connectivity index (χ2v) is 18.4. The van der Waals surface area contributed by atoms with E-state index in [1.54, 1.807) is 0 Å². The van der Waals surface area contributed by atoms with Crippen LogP contribution in [0.15, 0.2) is 176 Å². The number of hydrogen-bond donors (Lipinski definition) is 0. The Kier molecular flexibility index (Phi) is 7.95. The third-order valence-corrected chi connectivity index (χ3v) is 15.0. The minimum atomic E-state index is 0.390. The average Bonchev–Trinajstić information content (AvgIpc) is 4.10. The van der Waals surface area contributed by atoms with Crippen molar-refractivity contribution < 1.29 is 0 Å². The molecule has 1 atom stereocenters. The zero-order valence-corrected chi connectivity index (χ0v) is 35.9. The van der Waals surface area contributed by atoms with Crippen LogP contribution in [-0.2, 0) is 12.8 Å². The van der Waals surface area contributed by atoms with E-state index in [-0.39, 0.29) is 0 Å². The largest absolute Gasteiger partial charge is 0.333 e. The summed E-state index contributed by atoms with van der Waals surface area (Å²) in [6, 6.07) is 55.8. The van der Waals surface area contributed by atoms with Gasteiger partial charge in [-0.05, 0) is 156 Å². The SMILES string of the molecule is C1=CC(n2c3ccccc3c3cc(-c4cccc5c4Cc4c-5cc(C5=CC(n6c7c(c8ccccc86)CCC=C7)=CCC5)cc4-n4c5ccccc5c5ccccc54)ccc32)CCC1. The maximum Gasteiger partial charge on any atom is 0.0541 e. The predicted octanol–water partition coefficient (Wildman–Crippen LogP) is 16.0. The van der Waals surface area contributed by atoms with E-state index in [9.17, 15) is 0 Å². The van der Waals surface area contributed by atoms with E-state index in [1.807, 2.05) is 0 Å². The fourth-order valence-corrected chi connectivity index (χ4v) is 12.2. The summed E-state index contributed by atoms with van der Waals surface area (Å²) in [5, 5.41) is 6.65. The molecule has 4 aliphatic rings. The highest BCUT2D eigenvalue weighted by Gasteiger charge is 2.29. The van der Waals surface area contributed by atoms with Gasteiger partial charge in [0.25, 0.3) is 0 Å². The van der Waals surface area contributed by atoms with E-state index in [0.29, 0.717) is 6.04 Å². The number of para-hydroxylation sites is 4. The predicted molar refractivity (Wildman–Crippen MR) is 270 cm³/mol. The Morgan fingerprint density at radius 2 is 1.17 bits per heavy atom. The third kappa shape index (κ3) is 5.27. The van der Waals surface area contributed by atoms with Gasteiger partial charge in [0.05, 0.1) is 28.3 Å². The van der Waals surface area contributed by atoms with E-state index in [1.165, 1.54) is 141 Å². The van der Waals surface area contributed by atoms with Gasteiger partial charge in [-0.2, -0.15) is 0 Å². The summed E-state index contributed by atoms with van der Waals surface area (Å²) in [5.41, 5.74) is 22.7. The smallest absolute Gasteiger partial charge is 0.0541 e. The van der Waals surface area contributed by atoms with Crippen LogP contribution in [0.4, 0.5) is 0 Å². The van der Waals surface area contributed by atoms with E-state index < -0.39 is 0 Å². The molecule has 10 aromatic rings. The number of aromatic nitrogens is 3. The number of benzene rings is 7. The average molecular weight is 822 g/mol. The molecule has 3 nitrogen and oxygen atoms in total. The van der Waals surface area contributed by atoms with Crippen molar-refractivity contribution in [2.75, 3.05) is 0 Å². The van der Waals surface area contributed by atoms with E-state index in [2.05, 4.69) is 196 Å². The summed E-state index contributed by atoms with van der Waals surface area (Å²) in [4.78, 5) is 0. The van der Waals surface area contributed by atoms with Gasteiger partial charge in [0.2, 0.25) is 0 Å². The minimum absolute atomic E-state index is 0.390. The van der Waals surface area contributed by atoms with Gasteiger partial charge < -0.3 is 13.7 Å². The summed E-state index contributed by atoms with van der Waals surface area (Å²) < 4.78 is 7.70. The molecule has 0 saturated carbocycles. The van der Waals surface area contributed by atoms with Crippen molar-refractivity contribution in [1.82, 2.24) is 13.7 Å². The van der Waals surface area contributed by atoms with Gasteiger partial charge in [-0.3, -0.25) is 0 Å². The first kappa shape index (κ1) is 36.2. The van der Waals surface area contributed by atoms with Gasteiger partial charge in [0.15, 0.2) is 0 Å². The first-order chi connectivity index (χ1) is 31.8. The zero-order chi connectivity index (χ0) is 41.9. The summed E-state index contributed by atoms with van der Waals surface area (Å²) in [6.45, 7) is 0. The van der Waals surface area contributed by atoms with E-state index in [0.717, 1.165) is 32.1 Å². The standard InChI is InChI=1S/C61H47N3/c1-2-17-42(18-3-1)62-57-29-11-8-24-50(57)53-35-40(32-33-60(53)62)44-25-15-26-45-51-36-41(39-16-14-19-43(34-39)63-55-27-9-4-20-46(55)47-21-5-10-28-56(47)63)37-61(54(51)38-52(44)45)64-58-30-12-6-22-48(58)49-23-7-13-31-59(49)64/h2,4,6-13,15,17,19-20,22-37,42H,1,3,5,14,16,18,21,38H2. The summed E-state index contributed by atoms with van der Waals surface area (Å²) in [7, 11) is 0. The molecule has 3 aromatic heterocycles. The molecule has 3 heteroatoms. The molecule has 7 aromatic carbocycles. The number of nitrogens with zero attached hydrogens (tertiary/aromatic N) is 3. The van der Waals surface area contributed by atoms with Crippen molar-refractivity contribution in [1.29, 1.82) is 0 Å². The maximum atomic E-state index is 2.60. The second-order valence-electron chi connectivity index (χ2n) is 18.4. The Morgan fingerprint density at radius 3 is 1.95 bits per heavy atom. The molecule has 0 N–H and O–H groups in total. The van der Waals surface area contributed by atoms with Crippen LogP contribution in [0.25, 0.3) is 99.8 Å². The van der Waals surface area contributed by atoms with Gasteiger partial charge in [-0.25, -0.2) is 0 Å². The lowest BCUT2D eigenvalue weighted by molar-refractivity contribution is 0.542. The van der Waals surface area contributed by atoms with Crippen LogP contribution >= 0.6 is 0 Å². The van der Waals surface area contributed by atoms with Gasteiger partial charge >= 0.3 is 0 Å². The Labute approximate surface area is 373 Å². The van der Waals surface area contributed by atoms with Crippen LogP contribution in [0.5, 0.6) is 0 Å². The van der Waals surface area contributed by atoms with Crippen LogP contribution in [0.1, 0.15) is 72.5 Å². The van der Waals surface area contributed by atoms with Gasteiger partial charge in [0, 0.05) is 55.8 Å². The Bertz CT molecular complexity index is 3690. The Hall–Kier alpha value is -7.36. The van der Waals surface area contributed by atoms with Crippen molar-refractivity contribution in [2.45, 2.75) is 57.4 Å². The highest BCUT2D eigenvalue weighted by atomic mass is 15.0. The van der Waals surface area contributed by atoms with Crippen LogP contribution in [-0.4, -0.2) is 13.7 Å². The summed E-state index contributed by atoms with van der Waals surface area (Å²) in [5.74, 6) is 0. The van der Waals surface area contributed by atoms with Crippen molar-refractivity contribution in [3.05, 3.63) is 204 Å². The number of rotatable bonds is 5. The molecule has 0 saturated heterocycles. The quantitative estimate of drug-likeness (QED) is 0.154. The fourth-order valence-electron chi connectivity index (χ4n) is 12.2. The van der Waals surface area contributed by atoms with E-state index >= 15 is 0 Å². The van der Waals surface area contributed by atoms with Gasteiger partial charge in [0.1, 0.15) is 0 Å². The molecule has 4 aliphatic carbocycles. The molecular formula is C61H47N3. The van der Waals surface area contributed by atoms with Crippen LogP contribution in [0, 0.1) is 0 Å². The number of allylic oxidation sites excluding steroid dienone is 7. The molecule has 3 heterocycles. The van der Waals surface area contributed by atoms with Gasteiger partial charge in [-0.15, -0.1) is 0 Å². The topological polar surface area (TPSA) is 14.8 Å². The monoisotopic (exact) mass is 821 g/mol. The lowest BCUT2D eigenvalue weighted by Crippen LogP contribution is -2.08. The second kappa shape index (κ2) is 14.1. The molecule has 0 radical (unpaired) electrons. The molecule has 64 heavy (non-hydrogen) atoms. The normalized spacial score (nSPS) is 16.8. The molecule has 14 rings (SSSR count). The molecule has 0 aliphatic heterocycles. The molecule has 0 spiro atoms. The van der Waals surface area contributed by atoms with Crippen molar-refractivity contribution in [3.63, 3.8) is 0 Å². The van der Waals surface area contributed by atoms with E-state index in [4.69, 9.17) is 0 Å². The molecule has 0 bridgehead atoms. The Morgan fingerprint density at radius 1 is 0.469 bits per heavy atom. The van der Waals surface area contributed by atoms with Gasteiger partial charge in [-0.1, -0.05) is 121 Å². The number of aryl methyl sites for hydroxylation is 1. The third-order valence-electron chi connectivity index (χ3n) is 15.0. The summed E-state index contributed by atoms with van der Waals surface area (Å²) >= 11 is 0.